The summed E-state index contributed by atoms with van der Waals surface area (Å²) in [5, 5.41) is 1.78. The molecule has 128 valence electrons. The van der Waals surface area contributed by atoms with Crippen LogP contribution in [0.2, 0.25) is 5.02 Å². The normalized spacial score (nSPS) is 12.2. The molecule has 0 spiro atoms. The molecule has 0 saturated heterocycles. The van der Waals surface area contributed by atoms with Gasteiger partial charge in [-0.05, 0) is 29.3 Å². The number of hydrogen-bond acceptors (Lipinski definition) is 2. The molecule has 2 rings (SSSR count). The van der Waals surface area contributed by atoms with Crippen LogP contribution in [0.5, 0.6) is 0 Å². The fraction of sp³-hybridized carbons (Fsp3) is 0.222. The van der Waals surface area contributed by atoms with Gasteiger partial charge in [0.15, 0.2) is 0 Å². The number of sulfonamides is 1. The second-order valence-electron chi connectivity index (χ2n) is 5.92. The molecule has 0 unspecified atom stereocenters. The highest BCUT2D eigenvalue weighted by Crippen LogP contribution is 2.11. The topological polar surface area (TPSA) is 50.6 Å². The van der Waals surface area contributed by atoms with E-state index < -0.39 is 10.0 Å². The van der Waals surface area contributed by atoms with Crippen molar-refractivity contribution in [1.29, 1.82) is 0 Å². The zero-order chi connectivity index (χ0) is 17.6. The van der Waals surface area contributed by atoms with Crippen LogP contribution < -0.4 is 9.62 Å². The minimum Gasteiger partial charge on any atom is -0.336 e. The molecule has 0 saturated carbocycles. The maximum atomic E-state index is 12.0. The Balaban J connectivity index is 1.93. The number of benzene rings is 2. The third-order valence-electron chi connectivity index (χ3n) is 3.37. The van der Waals surface area contributed by atoms with Crippen molar-refractivity contribution in [3.05, 3.63) is 75.7 Å². The van der Waals surface area contributed by atoms with Crippen LogP contribution in [0.25, 0.3) is 6.08 Å². The molecule has 0 atom stereocenters. The van der Waals surface area contributed by atoms with Gasteiger partial charge in [0.25, 0.3) is 0 Å². The molecule has 2 aromatic rings. The second kappa shape index (κ2) is 8.44. The van der Waals surface area contributed by atoms with Gasteiger partial charge in [-0.15, -0.1) is 0 Å². The molecule has 0 fully saturated rings. The first kappa shape index (κ1) is 18.7. The van der Waals surface area contributed by atoms with Gasteiger partial charge < -0.3 is 4.90 Å². The van der Waals surface area contributed by atoms with E-state index in [9.17, 15) is 8.42 Å². The van der Waals surface area contributed by atoms with Gasteiger partial charge in [-0.2, -0.15) is 0 Å². The molecule has 0 aliphatic rings. The Morgan fingerprint density at radius 2 is 1.58 bits per heavy atom. The van der Waals surface area contributed by atoms with Crippen LogP contribution in [-0.2, 0) is 23.1 Å². The summed E-state index contributed by atoms with van der Waals surface area (Å²) in [5.41, 5.74) is 2.93. The average molecular weight is 366 g/mol. The summed E-state index contributed by atoms with van der Waals surface area (Å²) >= 11 is 5.80. The lowest BCUT2D eigenvalue weighted by molar-refractivity contribution is -0.872. The summed E-state index contributed by atoms with van der Waals surface area (Å²) in [6.07, 6.45) is 1.54. The van der Waals surface area contributed by atoms with E-state index in [4.69, 9.17) is 11.6 Å². The van der Waals surface area contributed by atoms with Crippen LogP contribution in [0, 0.1) is 0 Å². The summed E-state index contributed by atoms with van der Waals surface area (Å²) in [4.78, 5) is 1.34. The lowest BCUT2D eigenvalue weighted by Gasteiger charge is -2.08. The SMILES string of the molecule is C[NH+](C)Cc1ccc(CNS(=O)(=O)/C=C/c2ccc(Cl)cc2)cc1. The standard InChI is InChI=1S/C18H21ClN2O2S/c1-21(2)14-17-5-3-16(4-6-17)13-20-24(22,23)12-11-15-7-9-18(19)10-8-15/h3-12,20H,13-14H2,1-2H3/p+1/b12-11+. The summed E-state index contributed by atoms with van der Waals surface area (Å²) < 4.78 is 26.6. The zero-order valence-electron chi connectivity index (χ0n) is 13.8. The van der Waals surface area contributed by atoms with Crippen molar-refractivity contribution in [3.63, 3.8) is 0 Å². The van der Waals surface area contributed by atoms with Crippen molar-refractivity contribution in [2.45, 2.75) is 13.1 Å². The summed E-state index contributed by atoms with van der Waals surface area (Å²) in [7, 11) is 0.700. The smallest absolute Gasteiger partial charge is 0.234 e. The number of quaternary nitrogens is 1. The van der Waals surface area contributed by atoms with Gasteiger partial charge >= 0.3 is 0 Å². The summed E-state index contributed by atoms with van der Waals surface area (Å²) in [6, 6.07) is 14.9. The zero-order valence-corrected chi connectivity index (χ0v) is 15.4. The minimum absolute atomic E-state index is 0.266. The Kier molecular flexibility index (Phi) is 6.57. The molecular weight excluding hydrogens is 344 g/mol. The highest BCUT2D eigenvalue weighted by Gasteiger charge is 2.05. The van der Waals surface area contributed by atoms with E-state index in [0.717, 1.165) is 17.7 Å². The van der Waals surface area contributed by atoms with Crippen LogP contribution in [0.1, 0.15) is 16.7 Å². The predicted molar refractivity (Wildman–Crippen MR) is 99.2 cm³/mol. The van der Waals surface area contributed by atoms with Crippen LogP contribution in [0.15, 0.2) is 53.9 Å². The number of nitrogens with one attached hydrogen (secondary N) is 2. The van der Waals surface area contributed by atoms with Gasteiger partial charge in [0, 0.05) is 22.5 Å². The van der Waals surface area contributed by atoms with Gasteiger partial charge in [0.2, 0.25) is 10.0 Å². The van der Waals surface area contributed by atoms with Gasteiger partial charge in [-0.3, -0.25) is 0 Å². The van der Waals surface area contributed by atoms with Gasteiger partial charge in [0.05, 0.1) is 14.1 Å². The van der Waals surface area contributed by atoms with E-state index in [0.29, 0.717) is 5.02 Å². The molecule has 4 nitrogen and oxygen atoms in total. The molecular formula is C18H22ClN2O2S+. The summed E-state index contributed by atoms with van der Waals surface area (Å²) in [6.45, 7) is 1.21. The Bertz CT molecular complexity index is 783. The van der Waals surface area contributed by atoms with E-state index in [2.05, 4.69) is 18.8 Å². The Morgan fingerprint density at radius 3 is 2.17 bits per heavy atom. The molecule has 0 radical (unpaired) electrons. The summed E-state index contributed by atoms with van der Waals surface area (Å²) in [5.74, 6) is 0. The monoisotopic (exact) mass is 365 g/mol. The van der Waals surface area contributed by atoms with E-state index in [-0.39, 0.29) is 6.54 Å². The van der Waals surface area contributed by atoms with E-state index in [1.54, 1.807) is 30.3 Å². The van der Waals surface area contributed by atoms with Crippen LogP contribution in [0.4, 0.5) is 0 Å². The van der Waals surface area contributed by atoms with Crippen LogP contribution in [-0.4, -0.2) is 22.5 Å². The quantitative estimate of drug-likeness (QED) is 0.789. The lowest BCUT2D eigenvalue weighted by atomic mass is 10.1. The van der Waals surface area contributed by atoms with Crippen molar-refractivity contribution in [2.75, 3.05) is 14.1 Å². The van der Waals surface area contributed by atoms with Gasteiger partial charge in [-0.1, -0.05) is 48.0 Å². The number of rotatable bonds is 7. The maximum absolute atomic E-state index is 12.0. The maximum Gasteiger partial charge on any atom is 0.234 e. The van der Waals surface area contributed by atoms with Crippen molar-refractivity contribution < 1.29 is 13.3 Å². The molecule has 24 heavy (non-hydrogen) atoms. The second-order valence-corrected chi connectivity index (χ2v) is 8.01. The number of hydrogen-bond donors (Lipinski definition) is 2. The van der Waals surface area contributed by atoms with Crippen molar-refractivity contribution in [3.8, 4) is 0 Å². The third kappa shape index (κ3) is 6.45. The first-order chi connectivity index (χ1) is 11.3. The molecule has 0 aliphatic heterocycles. The molecule has 0 aromatic heterocycles. The van der Waals surface area contributed by atoms with Crippen molar-refractivity contribution in [1.82, 2.24) is 4.72 Å². The molecule has 0 heterocycles. The van der Waals surface area contributed by atoms with E-state index in [1.165, 1.54) is 15.9 Å². The van der Waals surface area contributed by atoms with Crippen molar-refractivity contribution in [2.24, 2.45) is 0 Å². The fourth-order valence-electron chi connectivity index (χ4n) is 2.16. The molecule has 2 aromatic carbocycles. The van der Waals surface area contributed by atoms with Crippen LogP contribution in [0.3, 0.4) is 0 Å². The molecule has 6 heteroatoms. The molecule has 2 N–H and O–H groups in total. The highest BCUT2D eigenvalue weighted by molar-refractivity contribution is 7.92. The predicted octanol–water partition coefficient (Wildman–Crippen LogP) is 2.07. The fourth-order valence-corrected chi connectivity index (χ4v) is 3.08. The Morgan fingerprint density at radius 1 is 1.00 bits per heavy atom. The first-order valence-electron chi connectivity index (χ1n) is 7.64. The minimum atomic E-state index is -3.48. The Hall–Kier alpha value is -1.66. The largest absolute Gasteiger partial charge is 0.336 e. The lowest BCUT2D eigenvalue weighted by Crippen LogP contribution is -3.04. The van der Waals surface area contributed by atoms with Crippen LogP contribution >= 0.6 is 11.6 Å². The average Bonchev–Trinajstić information content (AvgIpc) is 2.53. The van der Waals surface area contributed by atoms with E-state index in [1.807, 2.05) is 24.3 Å². The molecule has 0 amide bonds. The van der Waals surface area contributed by atoms with E-state index >= 15 is 0 Å². The Labute approximate surface area is 148 Å². The van der Waals surface area contributed by atoms with Gasteiger partial charge in [-0.25, -0.2) is 13.1 Å². The first-order valence-corrected chi connectivity index (χ1v) is 9.57. The third-order valence-corrected chi connectivity index (χ3v) is 4.66. The number of halogens is 1. The van der Waals surface area contributed by atoms with Crippen molar-refractivity contribution >= 4 is 27.7 Å². The van der Waals surface area contributed by atoms with Gasteiger partial charge in [0.1, 0.15) is 6.54 Å². The highest BCUT2D eigenvalue weighted by atomic mass is 35.5. The molecule has 0 bridgehead atoms. The molecule has 0 aliphatic carbocycles.